The molecule has 0 aromatic heterocycles. The molecule has 0 bridgehead atoms. The first-order valence-corrected chi connectivity index (χ1v) is 10.5. The molecule has 1 aliphatic heterocycles. The molecule has 3 aromatic rings. The first-order chi connectivity index (χ1) is 15.0. The summed E-state index contributed by atoms with van der Waals surface area (Å²) < 4.78 is 25.3. The summed E-state index contributed by atoms with van der Waals surface area (Å²) in [6.45, 7) is 4.90. The molecule has 5 heteroatoms. The van der Waals surface area contributed by atoms with Crippen LogP contribution >= 0.6 is 0 Å². The lowest BCUT2D eigenvalue weighted by Crippen LogP contribution is -2.28. The fourth-order valence-electron chi connectivity index (χ4n) is 3.80. The van der Waals surface area contributed by atoms with Crippen LogP contribution in [0.3, 0.4) is 0 Å². The first kappa shape index (κ1) is 20.9. The molecule has 0 spiro atoms. The molecule has 2 atom stereocenters. The lowest BCUT2D eigenvalue weighted by molar-refractivity contribution is -0.123. The predicted octanol–water partition coefficient (Wildman–Crippen LogP) is 5.49. The van der Waals surface area contributed by atoms with Gasteiger partial charge in [-0.1, -0.05) is 44.2 Å². The van der Waals surface area contributed by atoms with Gasteiger partial charge in [-0.15, -0.1) is 0 Å². The zero-order valence-corrected chi connectivity index (χ0v) is 17.9. The van der Waals surface area contributed by atoms with Crippen molar-refractivity contribution >= 4 is 5.91 Å². The van der Waals surface area contributed by atoms with Crippen molar-refractivity contribution < 1.29 is 18.7 Å². The number of carbonyl (C=O) groups is 1. The third-order valence-corrected chi connectivity index (χ3v) is 5.40. The Balaban J connectivity index is 1.64. The monoisotopic (exact) mass is 419 g/mol. The molecule has 0 saturated carbocycles. The Bertz CT molecular complexity index is 1060. The maximum Gasteiger partial charge on any atom is 0.231 e. The number of rotatable bonds is 6. The third-order valence-electron chi connectivity index (χ3n) is 5.40. The van der Waals surface area contributed by atoms with Crippen LogP contribution < -0.4 is 14.8 Å². The lowest BCUT2D eigenvalue weighted by Gasteiger charge is -2.18. The highest BCUT2D eigenvalue weighted by molar-refractivity contribution is 5.87. The van der Waals surface area contributed by atoms with Crippen LogP contribution in [0.4, 0.5) is 4.39 Å². The fourth-order valence-corrected chi connectivity index (χ4v) is 3.80. The smallest absolute Gasteiger partial charge is 0.231 e. The predicted molar refractivity (Wildman–Crippen MR) is 119 cm³/mol. The molecule has 0 fully saturated rings. The summed E-state index contributed by atoms with van der Waals surface area (Å²) in [7, 11) is 1.61. The Morgan fingerprint density at radius 2 is 1.71 bits per heavy atom. The molecule has 160 valence electrons. The van der Waals surface area contributed by atoms with Gasteiger partial charge in [-0.2, -0.15) is 0 Å². The van der Waals surface area contributed by atoms with Crippen LogP contribution in [0.1, 0.15) is 37.0 Å². The molecule has 3 aromatic carbocycles. The highest BCUT2D eigenvalue weighted by atomic mass is 19.1. The van der Waals surface area contributed by atoms with E-state index in [9.17, 15) is 9.18 Å². The van der Waals surface area contributed by atoms with E-state index >= 15 is 0 Å². The first-order valence-electron chi connectivity index (χ1n) is 10.5. The summed E-state index contributed by atoms with van der Waals surface area (Å²) >= 11 is 0. The number of benzene rings is 3. The maximum atomic E-state index is 13.4. The molecule has 0 saturated heterocycles. The quantitative estimate of drug-likeness (QED) is 0.575. The van der Waals surface area contributed by atoms with Crippen LogP contribution in [0, 0.1) is 11.7 Å². The highest BCUT2D eigenvalue weighted by Gasteiger charge is 2.40. The lowest BCUT2D eigenvalue weighted by atomic mass is 9.88. The van der Waals surface area contributed by atoms with Crippen molar-refractivity contribution in [2.24, 2.45) is 5.92 Å². The van der Waals surface area contributed by atoms with Gasteiger partial charge in [0, 0.05) is 12.6 Å². The number of likely N-dealkylation sites (N-methyl/N-ethyl adjacent to an activating group) is 1. The Labute approximate surface area is 182 Å². The van der Waals surface area contributed by atoms with E-state index in [-0.39, 0.29) is 11.7 Å². The second-order valence-electron chi connectivity index (χ2n) is 8.16. The van der Waals surface area contributed by atoms with E-state index < -0.39 is 12.0 Å². The Morgan fingerprint density at radius 3 is 2.35 bits per heavy atom. The maximum absolute atomic E-state index is 13.4. The van der Waals surface area contributed by atoms with E-state index in [4.69, 9.17) is 9.47 Å². The van der Waals surface area contributed by atoms with Crippen LogP contribution in [0.15, 0.2) is 66.7 Å². The largest absolute Gasteiger partial charge is 0.493 e. The number of hydrogen-bond acceptors (Lipinski definition) is 3. The van der Waals surface area contributed by atoms with Gasteiger partial charge in [0.1, 0.15) is 29.3 Å². The number of halogens is 1. The van der Waals surface area contributed by atoms with E-state index in [1.54, 1.807) is 19.2 Å². The minimum atomic E-state index is -0.515. The third kappa shape index (κ3) is 4.41. The number of hydrogen-bond donors (Lipinski definition) is 1. The molecule has 0 radical (unpaired) electrons. The van der Waals surface area contributed by atoms with E-state index in [1.807, 2.05) is 42.5 Å². The summed E-state index contributed by atoms with van der Waals surface area (Å²) in [6.07, 6.45) is -0.502. The van der Waals surface area contributed by atoms with Gasteiger partial charge in [0.25, 0.3) is 0 Å². The minimum Gasteiger partial charge on any atom is -0.493 e. The van der Waals surface area contributed by atoms with Crippen molar-refractivity contribution in [1.82, 2.24) is 5.32 Å². The van der Waals surface area contributed by atoms with Crippen molar-refractivity contribution in [3.05, 3.63) is 83.7 Å². The Morgan fingerprint density at radius 1 is 1.03 bits per heavy atom. The molecule has 1 aliphatic rings. The molecule has 31 heavy (non-hydrogen) atoms. The van der Waals surface area contributed by atoms with Crippen molar-refractivity contribution in [2.45, 2.75) is 25.9 Å². The van der Waals surface area contributed by atoms with Crippen LogP contribution in [0.25, 0.3) is 11.1 Å². The van der Waals surface area contributed by atoms with Crippen molar-refractivity contribution in [3.63, 3.8) is 0 Å². The van der Waals surface area contributed by atoms with Gasteiger partial charge < -0.3 is 14.8 Å². The summed E-state index contributed by atoms with van der Waals surface area (Å²) in [5.74, 6) is 0.998. The van der Waals surface area contributed by atoms with Gasteiger partial charge in [-0.3, -0.25) is 4.79 Å². The summed E-state index contributed by atoms with van der Waals surface area (Å²) in [5, 5.41) is 2.74. The van der Waals surface area contributed by atoms with Crippen LogP contribution in [0.2, 0.25) is 0 Å². The molecule has 1 N–H and O–H groups in total. The molecular formula is C26H26FNO3. The number of ether oxygens (including phenoxy) is 2. The molecule has 1 amide bonds. The second kappa shape index (κ2) is 8.80. The average molecular weight is 419 g/mol. The number of amides is 1. The second-order valence-corrected chi connectivity index (χ2v) is 8.16. The van der Waals surface area contributed by atoms with Crippen molar-refractivity contribution in [1.29, 1.82) is 0 Å². The number of nitrogens with one attached hydrogen (secondary N) is 1. The Hall–Kier alpha value is -3.34. The van der Waals surface area contributed by atoms with Crippen molar-refractivity contribution in [3.8, 4) is 22.6 Å². The molecule has 2 unspecified atom stereocenters. The molecule has 4 rings (SSSR count). The van der Waals surface area contributed by atoms with Gasteiger partial charge >= 0.3 is 0 Å². The van der Waals surface area contributed by atoms with E-state index in [0.717, 1.165) is 28.0 Å². The topological polar surface area (TPSA) is 47.6 Å². The summed E-state index contributed by atoms with van der Waals surface area (Å²) in [5.41, 5.74) is 3.61. The molecule has 4 nitrogen and oxygen atoms in total. The Kier molecular flexibility index (Phi) is 5.94. The van der Waals surface area contributed by atoms with Gasteiger partial charge in [0.2, 0.25) is 5.91 Å². The SMILES string of the molecule is CNC(=O)C1c2cc(-c3ccc(OCC(C)C)cc3)ccc2OC1c1ccc(F)cc1. The van der Waals surface area contributed by atoms with Crippen LogP contribution in [-0.2, 0) is 4.79 Å². The number of carbonyl (C=O) groups excluding carboxylic acids is 1. The van der Waals surface area contributed by atoms with Crippen molar-refractivity contribution in [2.75, 3.05) is 13.7 Å². The average Bonchev–Trinajstić information content (AvgIpc) is 3.16. The molecule has 1 heterocycles. The van der Waals surface area contributed by atoms with Gasteiger partial charge in [-0.25, -0.2) is 4.39 Å². The standard InChI is InChI=1S/C26H26FNO3/c1-16(2)15-30-21-11-6-17(7-12-21)19-8-13-23-22(14-19)24(26(29)28-3)25(31-23)18-4-9-20(27)10-5-18/h4-14,16,24-25H,15H2,1-3H3,(H,28,29). The van der Waals surface area contributed by atoms with Crippen LogP contribution in [0.5, 0.6) is 11.5 Å². The van der Waals surface area contributed by atoms with Gasteiger partial charge in [-0.05, 0) is 59.0 Å². The van der Waals surface area contributed by atoms with E-state index in [0.29, 0.717) is 18.3 Å². The highest BCUT2D eigenvalue weighted by Crippen LogP contribution is 2.47. The minimum absolute atomic E-state index is 0.136. The van der Waals surface area contributed by atoms with Crippen LogP contribution in [-0.4, -0.2) is 19.6 Å². The van der Waals surface area contributed by atoms with E-state index in [1.165, 1.54) is 12.1 Å². The normalized spacial score (nSPS) is 17.2. The fraction of sp³-hybridized carbons (Fsp3) is 0.269. The summed E-state index contributed by atoms with van der Waals surface area (Å²) in [4.78, 5) is 12.8. The summed E-state index contributed by atoms with van der Waals surface area (Å²) in [6, 6.07) is 19.9. The zero-order valence-electron chi connectivity index (χ0n) is 17.9. The van der Waals surface area contributed by atoms with E-state index in [2.05, 4.69) is 19.2 Å². The molecular weight excluding hydrogens is 393 g/mol. The van der Waals surface area contributed by atoms with Gasteiger partial charge in [0.05, 0.1) is 6.61 Å². The number of fused-ring (bicyclic) bond motifs is 1. The van der Waals surface area contributed by atoms with Gasteiger partial charge in [0.15, 0.2) is 0 Å². The zero-order chi connectivity index (χ0) is 22.0. The molecule has 0 aliphatic carbocycles.